The highest BCUT2D eigenvalue weighted by Crippen LogP contribution is 2.15. The first-order valence-corrected chi connectivity index (χ1v) is 4.82. The van der Waals surface area contributed by atoms with Crippen LogP contribution in [-0.2, 0) is 9.05 Å². The third kappa shape index (κ3) is 1.67. The molecule has 4 heteroatoms. The van der Waals surface area contributed by atoms with Crippen molar-refractivity contribution in [3.8, 4) is 0 Å². The molecule has 0 aromatic carbocycles. The van der Waals surface area contributed by atoms with E-state index in [1.807, 2.05) is 0 Å². The average Bonchev–Trinajstić information content (AvgIpc) is 1.88. The fourth-order valence-corrected chi connectivity index (χ4v) is 1.27. The summed E-state index contributed by atoms with van der Waals surface area (Å²) in [6.45, 7) is 0. The SMILES string of the molecule is O=S(=O)(Cl)C1=CC=C[C+]=C1. The summed E-state index contributed by atoms with van der Waals surface area (Å²) in [5.41, 5.74) is 0. The maximum Gasteiger partial charge on any atom is 0.307 e. The molecule has 0 saturated heterocycles. The molecule has 0 bridgehead atoms. The first-order valence-electron chi connectivity index (χ1n) is 2.51. The number of rotatable bonds is 1. The van der Waals surface area contributed by atoms with E-state index in [-0.39, 0.29) is 4.91 Å². The fraction of sp³-hybridized carbons (Fsp3) is 0. The van der Waals surface area contributed by atoms with Crippen LogP contribution in [-0.4, -0.2) is 8.42 Å². The van der Waals surface area contributed by atoms with E-state index < -0.39 is 9.05 Å². The maximum absolute atomic E-state index is 10.6. The molecule has 1 rings (SSSR count). The lowest BCUT2D eigenvalue weighted by Crippen LogP contribution is -1.92. The standard InChI is InChI=1S/C6H4ClO2S/c7-10(8,9)6-4-2-1-3-5-6/h1-2,4-5H/q+1. The molecule has 2 nitrogen and oxygen atoms in total. The van der Waals surface area contributed by atoms with Crippen LogP contribution in [0, 0.1) is 6.08 Å². The van der Waals surface area contributed by atoms with Crippen molar-refractivity contribution in [2.75, 3.05) is 0 Å². The summed E-state index contributed by atoms with van der Waals surface area (Å²) >= 11 is 0. The molecule has 0 atom stereocenters. The third-order valence-corrected chi connectivity index (χ3v) is 2.31. The largest absolute Gasteiger partial charge is 0.307 e. The quantitative estimate of drug-likeness (QED) is 0.446. The summed E-state index contributed by atoms with van der Waals surface area (Å²) < 4.78 is 21.2. The second-order valence-corrected chi connectivity index (χ2v) is 4.24. The minimum Gasteiger partial charge on any atom is -0.193 e. The van der Waals surface area contributed by atoms with Gasteiger partial charge >= 0.3 is 9.05 Å². The Morgan fingerprint density at radius 2 is 2.20 bits per heavy atom. The molecule has 1 aliphatic rings. The van der Waals surface area contributed by atoms with E-state index in [1.165, 1.54) is 12.2 Å². The molecule has 0 aliphatic heterocycles. The van der Waals surface area contributed by atoms with Crippen LogP contribution in [0.5, 0.6) is 0 Å². The molecule has 0 radical (unpaired) electrons. The molecule has 0 saturated carbocycles. The van der Waals surface area contributed by atoms with Crippen molar-refractivity contribution in [3.63, 3.8) is 0 Å². The maximum atomic E-state index is 10.6. The van der Waals surface area contributed by atoms with Gasteiger partial charge in [-0.1, -0.05) is 0 Å². The minimum atomic E-state index is -3.56. The second-order valence-electron chi connectivity index (χ2n) is 1.68. The lowest BCUT2D eigenvalue weighted by atomic mass is 10.3. The summed E-state index contributed by atoms with van der Waals surface area (Å²) in [7, 11) is 1.45. The van der Waals surface area contributed by atoms with Gasteiger partial charge in [-0.15, -0.1) is 0 Å². The highest BCUT2D eigenvalue weighted by Gasteiger charge is 2.17. The van der Waals surface area contributed by atoms with Gasteiger partial charge in [-0.2, -0.15) is 8.42 Å². The Balaban J connectivity index is 3.08. The normalized spacial score (nSPS) is 16.3. The lowest BCUT2D eigenvalue weighted by Gasteiger charge is -1.86. The molecule has 0 heterocycles. The van der Waals surface area contributed by atoms with E-state index in [0.29, 0.717) is 0 Å². The van der Waals surface area contributed by atoms with Crippen LogP contribution < -0.4 is 0 Å². The van der Waals surface area contributed by atoms with Crippen molar-refractivity contribution < 1.29 is 8.42 Å². The Bertz CT molecular complexity index is 309. The lowest BCUT2D eigenvalue weighted by molar-refractivity contribution is 0.615. The number of hydrogen-bond acceptors (Lipinski definition) is 2. The first kappa shape index (κ1) is 7.48. The van der Waals surface area contributed by atoms with Gasteiger partial charge in [-0.3, -0.25) is 0 Å². The molecule has 0 fully saturated rings. The zero-order chi connectivity index (χ0) is 7.61. The van der Waals surface area contributed by atoms with Gasteiger partial charge in [0.25, 0.3) is 0 Å². The predicted molar refractivity (Wildman–Crippen MR) is 39.8 cm³/mol. The highest BCUT2D eigenvalue weighted by molar-refractivity contribution is 8.17. The summed E-state index contributed by atoms with van der Waals surface area (Å²) in [6.07, 6.45) is 8.51. The van der Waals surface area contributed by atoms with Crippen LogP contribution in [0.15, 0.2) is 29.2 Å². The Morgan fingerprint density at radius 1 is 1.50 bits per heavy atom. The van der Waals surface area contributed by atoms with E-state index in [4.69, 9.17) is 10.7 Å². The van der Waals surface area contributed by atoms with Gasteiger partial charge in [-0.25, -0.2) is 0 Å². The van der Waals surface area contributed by atoms with Crippen molar-refractivity contribution in [1.82, 2.24) is 0 Å². The molecule has 0 aromatic rings. The smallest absolute Gasteiger partial charge is 0.193 e. The van der Waals surface area contributed by atoms with E-state index in [0.717, 1.165) is 0 Å². The van der Waals surface area contributed by atoms with Crippen LogP contribution in [0.3, 0.4) is 0 Å². The monoisotopic (exact) mass is 175 g/mol. The number of allylic oxidation sites excluding steroid dienone is 5. The van der Waals surface area contributed by atoms with Crippen LogP contribution in [0.4, 0.5) is 0 Å². The van der Waals surface area contributed by atoms with E-state index >= 15 is 0 Å². The highest BCUT2D eigenvalue weighted by atomic mass is 35.7. The number of hydrogen-bond donors (Lipinski definition) is 0. The average molecular weight is 176 g/mol. The van der Waals surface area contributed by atoms with Gasteiger partial charge in [0.1, 0.15) is 12.2 Å². The molecule has 10 heavy (non-hydrogen) atoms. The second kappa shape index (κ2) is 2.54. The van der Waals surface area contributed by atoms with Gasteiger partial charge in [-0.05, 0) is 0 Å². The Morgan fingerprint density at radius 3 is 2.50 bits per heavy atom. The summed E-state index contributed by atoms with van der Waals surface area (Å²) in [5.74, 6) is 0. The van der Waals surface area contributed by atoms with E-state index in [1.54, 1.807) is 12.2 Å². The summed E-state index contributed by atoms with van der Waals surface area (Å²) in [6, 6.07) is 0. The van der Waals surface area contributed by atoms with Gasteiger partial charge in [0.05, 0.1) is 6.08 Å². The van der Waals surface area contributed by atoms with Crippen molar-refractivity contribution in [2.45, 2.75) is 0 Å². The molecule has 52 valence electrons. The van der Waals surface area contributed by atoms with Gasteiger partial charge in [0.2, 0.25) is 0 Å². The Hall–Kier alpha value is -0.630. The zero-order valence-electron chi connectivity index (χ0n) is 4.91. The molecular weight excluding hydrogens is 172 g/mol. The molecule has 0 unspecified atom stereocenters. The van der Waals surface area contributed by atoms with Crippen LogP contribution in [0.25, 0.3) is 0 Å². The van der Waals surface area contributed by atoms with Gasteiger partial charge in [0.15, 0.2) is 4.91 Å². The minimum absolute atomic E-state index is 0.0802. The topological polar surface area (TPSA) is 34.1 Å². The molecule has 0 amide bonds. The van der Waals surface area contributed by atoms with Crippen LogP contribution in [0.1, 0.15) is 0 Å². The van der Waals surface area contributed by atoms with Crippen LogP contribution >= 0.6 is 10.7 Å². The van der Waals surface area contributed by atoms with Gasteiger partial charge in [0, 0.05) is 22.8 Å². The van der Waals surface area contributed by atoms with Crippen molar-refractivity contribution in [3.05, 3.63) is 35.3 Å². The molecular formula is C6H4ClO2S+. The third-order valence-electron chi connectivity index (χ3n) is 0.960. The van der Waals surface area contributed by atoms with Crippen molar-refractivity contribution >= 4 is 19.7 Å². The van der Waals surface area contributed by atoms with Crippen molar-refractivity contribution in [1.29, 1.82) is 0 Å². The molecule has 0 aromatic heterocycles. The molecule has 0 N–H and O–H groups in total. The van der Waals surface area contributed by atoms with Crippen molar-refractivity contribution in [2.24, 2.45) is 0 Å². The summed E-state index contributed by atoms with van der Waals surface area (Å²) in [5, 5.41) is 0. The van der Waals surface area contributed by atoms with E-state index in [2.05, 4.69) is 6.08 Å². The zero-order valence-corrected chi connectivity index (χ0v) is 6.48. The summed E-state index contributed by atoms with van der Waals surface area (Å²) in [4.78, 5) is 0.0802. The Labute approximate surface area is 63.9 Å². The van der Waals surface area contributed by atoms with Gasteiger partial charge < -0.3 is 0 Å². The molecule has 1 aliphatic carbocycles. The van der Waals surface area contributed by atoms with E-state index in [9.17, 15) is 8.42 Å². The molecule has 0 spiro atoms. The number of halogens is 1. The first-order chi connectivity index (χ1) is 4.61. The fourth-order valence-electron chi connectivity index (χ4n) is 0.529. The van der Waals surface area contributed by atoms with Crippen LogP contribution in [0.2, 0.25) is 0 Å². The Kier molecular flexibility index (Phi) is 1.90. The predicted octanol–water partition coefficient (Wildman–Crippen LogP) is 1.37.